The summed E-state index contributed by atoms with van der Waals surface area (Å²) in [5.41, 5.74) is 7.19. The first-order chi connectivity index (χ1) is 7.68. The van der Waals surface area contributed by atoms with Crippen LogP contribution in [-0.4, -0.2) is 16.8 Å². The second kappa shape index (κ2) is 4.41. The monoisotopic (exact) mass is 214 g/mol. The molecule has 16 heavy (non-hydrogen) atoms. The minimum atomic E-state index is -0.112. The maximum atomic E-state index is 12.0. The van der Waals surface area contributed by atoms with E-state index in [9.17, 15) is 4.79 Å². The molecule has 2 N–H and O–H groups in total. The number of hydrogen-bond acceptors (Lipinski definition) is 3. The molecular weight excluding hydrogens is 200 g/mol. The number of Topliss-reactive ketones (excluding diaryl/α,β-unsaturated/α-hetero) is 1. The number of carbonyl (C=O) groups is 1. The van der Waals surface area contributed by atoms with Gasteiger partial charge < -0.3 is 5.73 Å². The third-order valence-corrected chi connectivity index (χ3v) is 2.45. The van der Waals surface area contributed by atoms with Crippen molar-refractivity contribution in [2.75, 3.05) is 0 Å². The zero-order valence-corrected chi connectivity index (χ0v) is 9.18. The Morgan fingerprint density at radius 3 is 2.94 bits per heavy atom. The molecule has 0 radical (unpaired) electrons. The summed E-state index contributed by atoms with van der Waals surface area (Å²) in [5, 5.41) is 0.899. The Balaban J connectivity index is 2.48. The summed E-state index contributed by atoms with van der Waals surface area (Å²) in [7, 11) is 0. The van der Waals surface area contributed by atoms with Crippen LogP contribution >= 0.6 is 0 Å². The Labute approximate surface area is 94.3 Å². The molecular formula is C13H14N2O. The van der Waals surface area contributed by atoms with Crippen LogP contribution in [0.1, 0.15) is 23.7 Å². The number of fused-ring (bicyclic) bond motifs is 1. The van der Waals surface area contributed by atoms with Crippen molar-refractivity contribution in [1.82, 2.24) is 4.98 Å². The molecule has 0 aliphatic rings. The molecule has 0 saturated heterocycles. The summed E-state index contributed by atoms with van der Waals surface area (Å²) in [5.74, 6) is 0.0774. The van der Waals surface area contributed by atoms with Crippen LogP contribution in [0, 0.1) is 0 Å². The van der Waals surface area contributed by atoms with E-state index in [1.807, 2.05) is 37.3 Å². The van der Waals surface area contributed by atoms with Gasteiger partial charge in [0.05, 0.1) is 5.52 Å². The third kappa shape index (κ3) is 2.09. The molecule has 1 heterocycles. The fraction of sp³-hybridized carbons (Fsp3) is 0.231. The van der Waals surface area contributed by atoms with E-state index in [0.717, 1.165) is 10.9 Å². The van der Waals surface area contributed by atoms with Gasteiger partial charge in [0.15, 0.2) is 5.78 Å². The van der Waals surface area contributed by atoms with Gasteiger partial charge in [0.1, 0.15) is 0 Å². The Bertz CT molecular complexity index is 515. The molecule has 0 aliphatic heterocycles. The van der Waals surface area contributed by atoms with Gasteiger partial charge in [-0.3, -0.25) is 9.78 Å². The van der Waals surface area contributed by atoms with Crippen LogP contribution in [0.4, 0.5) is 0 Å². The predicted molar refractivity (Wildman–Crippen MR) is 64.3 cm³/mol. The standard InChI is InChI=1S/C13H14N2O/c1-9(14)8-13(16)11-4-2-6-12-10(11)5-3-7-15-12/h2-7,9H,8,14H2,1H3. The average Bonchev–Trinajstić information content (AvgIpc) is 2.27. The zero-order valence-electron chi connectivity index (χ0n) is 9.18. The SMILES string of the molecule is CC(N)CC(=O)c1cccc2ncccc12. The number of rotatable bonds is 3. The second-order valence-electron chi connectivity index (χ2n) is 3.98. The van der Waals surface area contributed by atoms with Crippen LogP contribution < -0.4 is 5.73 Å². The number of aromatic nitrogens is 1. The summed E-state index contributed by atoms with van der Waals surface area (Å²) in [6, 6.07) is 9.22. The van der Waals surface area contributed by atoms with Gasteiger partial charge in [0.2, 0.25) is 0 Å². The fourth-order valence-electron chi connectivity index (χ4n) is 1.75. The van der Waals surface area contributed by atoms with Crippen LogP contribution in [0.5, 0.6) is 0 Å². The highest BCUT2D eigenvalue weighted by molar-refractivity contribution is 6.07. The van der Waals surface area contributed by atoms with Crippen molar-refractivity contribution in [3.8, 4) is 0 Å². The van der Waals surface area contributed by atoms with Crippen LogP contribution in [0.2, 0.25) is 0 Å². The van der Waals surface area contributed by atoms with E-state index in [2.05, 4.69) is 4.98 Å². The minimum absolute atomic E-state index is 0.0774. The first kappa shape index (κ1) is 10.8. The number of hydrogen-bond donors (Lipinski definition) is 1. The van der Waals surface area contributed by atoms with Crippen LogP contribution in [0.25, 0.3) is 10.9 Å². The van der Waals surface area contributed by atoms with Gasteiger partial charge in [-0.25, -0.2) is 0 Å². The summed E-state index contributed by atoms with van der Waals surface area (Å²) in [6.07, 6.45) is 2.09. The zero-order chi connectivity index (χ0) is 11.5. The first-order valence-electron chi connectivity index (χ1n) is 5.31. The largest absolute Gasteiger partial charge is 0.328 e. The highest BCUT2D eigenvalue weighted by atomic mass is 16.1. The molecule has 1 aromatic carbocycles. The molecule has 2 rings (SSSR count). The Morgan fingerprint density at radius 1 is 1.38 bits per heavy atom. The van der Waals surface area contributed by atoms with Crippen LogP contribution in [0.15, 0.2) is 36.5 Å². The Morgan fingerprint density at radius 2 is 2.19 bits per heavy atom. The van der Waals surface area contributed by atoms with Gasteiger partial charge in [-0.2, -0.15) is 0 Å². The first-order valence-corrected chi connectivity index (χ1v) is 5.31. The van der Waals surface area contributed by atoms with Gasteiger partial charge in [-0.1, -0.05) is 18.2 Å². The fourth-order valence-corrected chi connectivity index (χ4v) is 1.75. The molecule has 0 fully saturated rings. The summed E-state index contributed by atoms with van der Waals surface area (Å²) >= 11 is 0. The molecule has 0 amide bonds. The predicted octanol–water partition coefficient (Wildman–Crippen LogP) is 2.15. The van der Waals surface area contributed by atoms with Crippen molar-refractivity contribution < 1.29 is 4.79 Å². The molecule has 3 nitrogen and oxygen atoms in total. The van der Waals surface area contributed by atoms with E-state index < -0.39 is 0 Å². The van der Waals surface area contributed by atoms with Gasteiger partial charge in [0, 0.05) is 29.6 Å². The smallest absolute Gasteiger partial charge is 0.165 e. The number of ketones is 1. The lowest BCUT2D eigenvalue weighted by atomic mass is 10.0. The van der Waals surface area contributed by atoms with E-state index in [0.29, 0.717) is 12.0 Å². The van der Waals surface area contributed by atoms with Gasteiger partial charge in [-0.05, 0) is 19.1 Å². The minimum Gasteiger partial charge on any atom is -0.328 e. The molecule has 0 bridgehead atoms. The highest BCUT2D eigenvalue weighted by Gasteiger charge is 2.11. The summed E-state index contributed by atoms with van der Waals surface area (Å²) in [4.78, 5) is 16.2. The lowest BCUT2D eigenvalue weighted by Gasteiger charge is -2.06. The number of carbonyl (C=O) groups excluding carboxylic acids is 1. The topological polar surface area (TPSA) is 56.0 Å². The quantitative estimate of drug-likeness (QED) is 0.796. The van der Waals surface area contributed by atoms with E-state index >= 15 is 0 Å². The lowest BCUT2D eigenvalue weighted by molar-refractivity contribution is 0.0978. The average molecular weight is 214 g/mol. The number of benzene rings is 1. The van der Waals surface area contributed by atoms with Gasteiger partial charge in [0.25, 0.3) is 0 Å². The number of pyridine rings is 1. The molecule has 1 unspecified atom stereocenters. The third-order valence-electron chi connectivity index (χ3n) is 2.45. The highest BCUT2D eigenvalue weighted by Crippen LogP contribution is 2.18. The van der Waals surface area contributed by atoms with Crippen molar-refractivity contribution in [1.29, 1.82) is 0 Å². The molecule has 0 aliphatic carbocycles. The van der Waals surface area contributed by atoms with E-state index in [1.165, 1.54) is 0 Å². The molecule has 2 aromatic rings. The molecule has 82 valence electrons. The van der Waals surface area contributed by atoms with E-state index in [1.54, 1.807) is 6.20 Å². The van der Waals surface area contributed by atoms with Crippen molar-refractivity contribution in [2.24, 2.45) is 5.73 Å². The van der Waals surface area contributed by atoms with E-state index in [4.69, 9.17) is 5.73 Å². The maximum Gasteiger partial charge on any atom is 0.165 e. The summed E-state index contributed by atoms with van der Waals surface area (Å²) in [6.45, 7) is 1.83. The van der Waals surface area contributed by atoms with Crippen molar-refractivity contribution in [3.05, 3.63) is 42.1 Å². The molecule has 0 saturated carbocycles. The molecule has 1 atom stereocenters. The van der Waals surface area contributed by atoms with Crippen molar-refractivity contribution in [3.63, 3.8) is 0 Å². The normalized spacial score (nSPS) is 12.6. The van der Waals surface area contributed by atoms with Crippen LogP contribution in [-0.2, 0) is 0 Å². The number of nitrogens with two attached hydrogens (primary N) is 1. The van der Waals surface area contributed by atoms with Crippen molar-refractivity contribution >= 4 is 16.7 Å². The van der Waals surface area contributed by atoms with Crippen LogP contribution in [0.3, 0.4) is 0 Å². The van der Waals surface area contributed by atoms with Crippen molar-refractivity contribution in [2.45, 2.75) is 19.4 Å². The molecule has 0 spiro atoms. The van der Waals surface area contributed by atoms with Gasteiger partial charge in [-0.15, -0.1) is 0 Å². The summed E-state index contributed by atoms with van der Waals surface area (Å²) < 4.78 is 0. The molecule has 3 heteroatoms. The van der Waals surface area contributed by atoms with E-state index in [-0.39, 0.29) is 11.8 Å². The lowest BCUT2D eigenvalue weighted by Crippen LogP contribution is -2.19. The number of nitrogens with zero attached hydrogens (tertiary/aromatic N) is 1. The van der Waals surface area contributed by atoms with Gasteiger partial charge >= 0.3 is 0 Å². The second-order valence-corrected chi connectivity index (χ2v) is 3.98. The maximum absolute atomic E-state index is 12.0. The molecule has 1 aromatic heterocycles. The Kier molecular flexibility index (Phi) is 2.97. The Hall–Kier alpha value is -1.74.